The van der Waals surface area contributed by atoms with Crippen molar-refractivity contribution in [3.63, 3.8) is 0 Å². The van der Waals surface area contributed by atoms with Gasteiger partial charge >= 0.3 is 0 Å². The number of carbonyl (C=O) groups is 1. The Morgan fingerprint density at radius 2 is 2.17 bits per heavy atom. The third-order valence-electron chi connectivity index (χ3n) is 2.32. The molecule has 0 bridgehead atoms. The summed E-state index contributed by atoms with van der Waals surface area (Å²) < 4.78 is 1.54. The highest BCUT2D eigenvalue weighted by Crippen LogP contribution is 2.18. The molecule has 2 N–H and O–H groups in total. The zero-order valence-corrected chi connectivity index (χ0v) is 10.3. The number of nitrogens with one attached hydrogen (secondary N) is 1. The molecule has 0 radical (unpaired) electrons. The van der Waals surface area contributed by atoms with Gasteiger partial charge in [-0.3, -0.25) is 4.79 Å². The van der Waals surface area contributed by atoms with E-state index in [9.17, 15) is 4.79 Å². The number of aliphatic hydroxyl groups excluding tert-OH is 1. The van der Waals surface area contributed by atoms with E-state index in [1.54, 1.807) is 18.3 Å². The quantitative estimate of drug-likeness (QED) is 0.874. The van der Waals surface area contributed by atoms with Gasteiger partial charge in [-0.2, -0.15) is 5.10 Å². The lowest BCUT2D eigenvalue weighted by Gasteiger charge is -2.03. The Morgan fingerprint density at radius 1 is 1.39 bits per heavy atom. The second-order valence-corrected chi connectivity index (χ2v) is 3.98. The average Bonchev–Trinajstić information content (AvgIpc) is 2.86. The van der Waals surface area contributed by atoms with Gasteiger partial charge in [-0.15, -0.1) is 0 Å². The fraction of sp³-hybridized carbons (Fsp3) is 0.167. The van der Waals surface area contributed by atoms with Crippen LogP contribution in [0.25, 0.3) is 5.69 Å². The molecule has 1 heterocycles. The maximum absolute atomic E-state index is 11.6. The molecule has 0 saturated carbocycles. The summed E-state index contributed by atoms with van der Waals surface area (Å²) in [6.07, 6.45) is 1.66. The molecule has 5 nitrogen and oxygen atoms in total. The predicted molar refractivity (Wildman–Crippen MR) is 68.0 cm³/mol. The van der Waals surface area contributed by atoms with Gasteiger partial charge in [-0.1, -0.05) is 23.7 Å². The number of hydrogen-bond acceptors (Lipinski definition) is 3. The van der Waals surface area contributed by atoms with E-state index in [0.717, 1.165) is 0 Å². The van der Waals surface area contributed by atoms with E-state index in [1.807, 2.05) is 18.2 Å². The van der Waals surface area contributed by atoms with Gasteiger partial charge in [-0.25, -0.2) is 4.68 Å². The van der Waals surface area contributed by atoms with E-state index in [-0.39, 0.29) is 24.8 Å². The van der Waals surface area contributed by atoms with E-state index in [4.69, 9.17) is 16.7 Å². The molecule has 18 heavy (non-hydrogen) atoms. The highest BCUT2D eigenvalue weighted by Gasteiger charge is 2.10. The topological polar surface area (TPSA) is 67.2 Å². The molecule has 1 amide bonds. The summed E-state index contributed by atoms with van der Waals surface area (Å²) in [4.78, 5) is 11.6. The Labute approximate surface area is 109 Å². The molecule has 1 aromatic carbocycles. The largest absolute Gasteiger partial charge is 0.395 e. The van der Waals surface area contributed by atoms with Crippen molar-refractivity contribution < 1.29 is 9.90 Å². The molecule has 2 rings (SSSR count). The van der Waals surface area contributed by atoms with Crippen molar-refractivity contribution >= 4 is 17.5 Å². The smallest absolute Gasteiger partial charge is 0.271 e. The van der Waals surface area contributed by atoms with Crippen LogP contribution in [0.2, 0.25) is 5.02 Å². The standard InChI is InChI=1S/C12H12ClN3O2/c13-9-3-1-2-4-11(9)16-7-5-10(15-16)12(18)14-6-8-17/h1-5,7,17H,6,8H2,(H,14,18). The minimum absolute atomic E-state index is 0.100. The van der Waals surface area contributed by atoms with E-state index in [1.165, 1.54) is 4.68 Å². The van der Waals surface area contributed by atoms with Crippen LogP contribution < -0.4 is 5.32 Å². The molecular weight excluding hydrogens is 254 g/mol. The molecule has 6 heteroatoms. The van der Waals surface area contributed by atoms with Crippen molar-refractivity contribution in [1.82, 2.24) is 15.1 Å². The third-order valence-corrected chi connectivity index (χ3v) is 2.64. The predicted octanol–water partition coefficient (Wildman–Crippen LogP) is 1.25. The Bertz CT molecular complexity index is 554. The lowest BCUT2D eigenvalue weighted by atomic mass is 10.3. The summed E-state index contributed by atoms with van der Waals surface area (Å²) in [6.45, 7) is 0.106. The first kappa shape index (κ1) is 12.6. The molecule has 0 spiro atoms. The van der Waals surface area contributed by atoms with E-state index in [2.05, 4.69) is 10.4 Å². The first-order valence-corrected chi connectivity index (χ1v) is 5.80. The molecular formula is C12H12ClN3O2. The van der Waals surface area contributed by atoms with Crippen molar-refractivity contribution in [2.45, 2.75) is 0 Å². The van der Waals surface area contributed by atoms with Crippen LogP contribution in [-0.2, 0) is 0 Å². The van der Waals surface area contributed by atoms with Gasteiger partial charge in [0.25, 0.3) is 5.91 Å². The normalized spacial score (nSPS) is 10.3. The molecule has 2 aromatic rings. The van der Waals surface area contributed by atoms with Crippen molar-refractivity contribution in [2.24, 2.45) is 0 Å². The molecule has 0 aliphatic heterocycles. The number of benzene rings is 1. The first-order chi connectivity index (χ1) is 8.72. The van der Waals surface area contributed by atoms with Gasteiger partial charge in [0, 0.05) is 12.7 Å². The highest BCUT2D eigenvalue weighted by molar-refractivity contribution is 6.32. The van der Waals surface area contributed by atoms with Crippen molar-refractivity contribution in [3.05, 3.63) is 47.2 Å². The van der Waals surface area contributed by atoms with Crippen LogP contribution >= 0.6 is 11.6 Å². The lowest BCUT2D eigenvalue weighted by Crippen LogP contribution is -2.26. The van der Waals surface area contributed by atoms with Crippen LogP contribution in [0.15, 0.2) is 36.5 Å². The summed E-state index contributed by atoms with van der Waals surface area (Å²) >= 11 is 6.04. The maximum atomic E-state index is 11.6. The Hall–Kier alpha value is -1.85. The minimum atomic E-state index is -0.324. The van der Waals surface area contributed by atoms with Crippen LogP contribution in [0.3, 0.4) is 0 Å². The fourth-order valence-electron chi connectivity index (χ4n) is 1.48. The lowest BCUT2D eigenvalue weighted by molar-refractivity contribution is 0.0939. The molecule has 0 saturated heterocycles. The molecule has 0 aliphatic carbocycles. The number of carbonyl (C=O) groups excluding carboxylic acids is 1. The number of para-hydroxylation sites is 1. The van der Waals surface area contributed by atoms with Crippen molar-refractivity contribution in [1.29, 1.82) is 0 Å². The molecule has 94 valence electrons. The molecule has 0 aliphatic rings. The Balaban J connectivity index is 2.21. The number of amides is 1. The van der Waals surface area contributed by atoms with E-state index >= 15 is 0 Å². The first-order valence-electron chi connectivity index (χ1n) is 5.42. The Kier molecular flexibility index (Phi) is 3.96. The van der Waals surface area contributed by atoms with E-state index in [0.29, 0.717) is 10.7 Å². The number of nitrogens with zero attached hydrogens (tertiary/aromatic N) is 2. The Morgan fingerprint density at radius 3 is 2.89 bits per heavy atom. The SMILES string of the molecule is O=C(NCCO)c1ccn(-c2ccccc2Cl)n1. The number of aromatic nitrogens is 2. The van der Waals surface area contributed by atoms with Gasteiger partial charge in [-0.05, 0) is 18.2 Å². The van der Waals surface area contributed by atoms with Crippen LogP contribution in [0.5, 0.6) is 0 Å². The van der Waals surface area contributed by atoms with Gasteiger partial charge < -0.3 is 10.4 Å². The number of rotatable bonds is 4. The molecule has 0 fully saturated rings. The summed E-state index contributed by atoms with van der Waals surface area (Å²) in [5, 5.41) is 15.8. The number of hydrogen-bond donors (Lipinski definition) is 2. The number of halogens is 1. The second kappa shape index (κ2) is 5.66. The van der Waals surface area contributed by atoms with Crippen LogP contribution in [-0.4, -0.2) is 33.9 Å². The second-order valence-electron chi connectivity index (χ2n) is 3.58. The maximum Gasteiger partial charge on any atom is 0.271 e. The van der Waals surface area contributed by atoms with Crippen molar-refractivity contribution in [3.8, 4) is 5.69 Å². The summed E-state index contributed by atoms with van der Waals surface area (Å²) in [6, 6.07) is 8.82. The van der Waals surface area contributed by atoms with Crippen LogP contribution in [0.1, 0.15) is 10.5 Å². The fourth-order valence-corrected chi connectivity index (χ4v) is 1.70. The van der Waals surface area contributed by atoms with Crippen molar-refractivity contribution in [2.75, 3.05) is 13.2 Å². The molecule has 0 unspecified atom stereocenters. The third kappa shape index (κ3) is 2.69. The molecule has 1 aromatic heterocycles. The van der Waals surface area contributed by atoms with Gasteiger partial charge in [0.1, 0.15) is 0 Å². The monoisotopic (exact) mass is 265 g/mol. The van der Waals surface area contributed by atoms with Gasteiger partial charge in [0.2, 0.25) is 0 Å². The molecule has 0 atom stereocenters. The zero-order chi connectivity index (χ0) is 13.0. The average molecular weight is 266 g/mol. The van der Waals surface area contributed by atoms with Crippen LogP contribution in [0.4, 0.5) is 0 Å². The summed E-state index contributed by atoms with van der Waals surface area (Å²) in [5.74, 6) is -0.324. The van der Waals surface area contributed by atoms with Gasteiger partial charge in [0.15, 0.2) is 5.69 Å². The highest BCUT2D eigenvalue weighted by atomic mass is 35.5. The van der Waals surface area contributed by atoms with Gasteiger partial charge in [0.05, 0.1) is 17.3 Å². The summed E-state index contributed by atoms with van der Waals surface area (Å²) in [5.41, 5.74) is 0.990. The minimum Gasteiger partial charge on any atom is -0.395 e. The summed E-state index contributed by atoms with van der Waals surface area (Å²) in [7, 11) is 0. The number of aliphatic hydroxyl groups is 1. The van der Waals surface area contributed by atoms with E-state index < -0.39 is 0 Å². The zero-order valence-electron chi connectivity index (χ0n) is 9.51. The van der Waals surface area contributed by atoms with Crippen LogP contribution in [0, 0.1) is 0 Å².